The number of hydrogen-bond donors (Lipinski definition) is 1. The van der Waals surface area contributed by atoms with Crippen LogP contribution < -0.4 is 0 Å². The molecule has 0 aliphatic carbocycles. The number of benzene rings is 3. The Hall–Kier alpha value is -3.98. The first-order valence-corrected chi connectivity index (χ1v) is 12.0. The molecule has 0 atom stereocenters. The highest BCUT2D eigenvalue weighted by atomic mass is 32.2. The van der Waals surface area contributed by atoms with Gasteiger partial charge in [-0.05, 0) is 47.2 Å². The summed E-state index contributed by atoms with van der Waals surface area (Å²) in [6.07, 6.45) is 1.99. The van der Waals surface area contributed by atoms with E-state index in [9.17, 15) is 4.79 Å². The van der Waals surface area contributed by atoms with Gasteiger partial charge in [-0.3, -0.25) is 0 Å². The lowest BCUT2D eigenvalue weighted by atomic mass is 9.98. The standard InChI is InChI=1S/C25H22N6O2S/c1-3-33-24(32)20-9-6-10-21-22(20)31(25(26-21)34-2)15-16-11-13-17(14-12-16)18-7-4-5-8-19(18)23-27-29-30-28-23/h4-14H,3,15H2,1-2H3,(H,27,28,29,30). The molecule has 0 aliphatic rings. The molecule has 8 nitrogen and oxygen atoms in total. The number of esters is 1. The maximum atomic E-state index is 12.6. The minimum Gasteiger partial charge on any atom is -0.462 e. The van der Waals surface area contributed by atoms with Gasteiger partial charge in [0.15, 0.2) is 5.16 Å². The zero-order valence-corrected chi connectivity index (χ0v) is 19.5. The molecule has 34 heavy (non-hydrogen) atoms. The fourth-order valence-corrected chi connectivity index (χ4v) is 4.58. The zero-order valence-electron chi connectivity index (χ0n) is 18.7. The van der Waals surface area contributed by atoms with Crippen LogP contribution in [0.2, 0.25) is 0 Å². The summed E-state index contributed by atoms with van der Waals surface area (Å²) in [5.74, 6) is 0.219. The number of fused-ring (bicyclic) bond motifs is 1. The number of H-pyrrole nitrogens is 1. The number of ether oxygens (including phenoxy) is 1. The van der Waals surface area contributed by atoms with Gasteiger partial charge in [0.25, 0.3) is 0 Å². The molecule has 2 heterocycles. The molecule has 0 radical (unpaired) electrons. The van der Waals surface area contributed by atoms with Gasteiger partial charge in [-0.15, -0.1) is 10.2 Å². The van der Waals surface area contributed by atoms with E-state index in [1.54, 1.807) is 24.8 Å². The van der Waals surface area contributed by atoms with Crippen LogP contribution in [0.3, 0.4) is 0 Å². The average Bonchev–Trinajstić information content (AvgIpc) is 3.53. The second kappa shape index (κ2) is 9.48. The molecule has 2 aromatic heterocycles. The lowest BCUT2D eigenvalue weighted by Crippen LogP contribution is -2.09. The van der Waals surface area contributed by atoms with Gasteiger partial charge in [0.2, 0.25) is 5.82 Å². The Bertz CT molecular complexity index is 1440. The molecule has 0 unspecified atom stereocenters. The van der Waals surface area contributed by atoms with E-state index in [-0.39, 0.29) is 5.97 Å². The number of hydrogen-bond acceptors (Lipinski definition) is 7. The first-order chi connectivity index (χ1) is 16.7. The van der Waals surface area contributed by atoms with E-state index in [0.717, 1.165) is 38.4 Å². The number of tetrazole rings is 1. The molecule has 0 spiro atoms. The quantitative estimate of drug-likeness (QED) is 0.269. The highest BCUT2D eigenvalue weighted by molar-refractivity contribution is 7.98. The van der Waals surface area contributed by atoms with E-state index in [2.05, 4.69) is 49.5 Å². The number of carbonyl (C=O) groups excluding carboxylic acids is 1. The largest absolute Gasteiger partial charge is 0.462 e. The Morgan fingerprint density at radius 1 is 1.03 bits per heavy atom. The molecule has 0 fully saturated rings. The minimum absolute atomic E-state index is 0.325. The second-order valence-corrected chi connectivity index (χ2v) is 8.33. The maximum absolute atomic E-state index is 12.6. The number of nitrogens with one attached hydrogen (secondary N) is 1. The first kappa shape index (κ1) is 21.8. The first-order valence-electron chi connectivity index (χ1n) is 10.8. The van der Waals surface area contributed by atoms with Gasteiger partial charge >= 0.3 is 5.97 Å². The zero-order chi connectivity index (χ0) is 23.5. The maximum Gasteiger partial charge on any atom is 0.340 e. The van der Waals surface area contributed by atoms with E-state index in [0.29, 0.717) is 24.5 Å². The monoisotopic (exact) mass is 470 g/mol. The summed E-state index contributed by atoms with van der Waals surface area (Å²) in [5, 5.41) is 15.3. The second-order valence-electron chi connectivity index (χ2n) is 7.56. The number of aromatic nitrogens is 6. The summed E-state index contributed by atoms with van der Waals surface area (Å²) in [7, 11) is 0. The molecule has 0 saturated carbocycles. The summed E-state index contributed by atoms with van der Waals surface area (Å²) >= 11 is 1.55. The summed E-state index contributed by atoms with van der Waals surface area (Å²) in [5.41, 5.74) is 6.17. The molecule has 0 amide bonds. The van der Waals surface area contributed by atoms with Gasteiger partial charge in [-0.2, -0.15) is 5.21 Å². The molecule has 3 aromatic carbocycles. The third-order valence-corrected chi connectivity index (χ3v) is 6.21. The van der Waals surface area contributed by atoms with E-state index in [1.165, 1.54) is 0 Å². The number of aromatic amines is 1. The molecule has 9 heteroatoms. The number of imidazole rings is 1. The molecule has 0 saturated heterocycles. The lowest BCUT2D eigenvalue weighted by molar-refractivity contribution is 0.0528. The van der Waals surface area contributed by atoms with Crippen LogP contribution in [0.15, 0.2) is 71.9 Å². The number of para-hydroxylation sites is 1. The van der Waals surface area contributed by atoms with Gasteiger partial charge in [0, 0.05) is 5.56 Å². The van der Waals surface area contributed by atoms with Crippen molar-refractivity contribution in [2.45, 2.75) is 18.6 Å². The number of carbonyl (C=O) groups is 1. The normalized spacial score (nSPS) is 11.1. The van der Waals surface area contributed by atoms with E-state index < -0.39 is 0 Å². The fourth-order valence-electron chi connectivity index (χ4n) is 4.02. The molecule has 0 bridgehead atoms. The molecule has 5 rings (SSSR count). The van der Waals surface area contributed by atoms with Crippen LogP contribution in [0.5, 0.6) is 0 Å². The highest BCUT2D eigenvalue weighted by Gasteiger charge is 2.19. The van der Waals surface area contributed by atoms with Crippen molar-refractivity contribution in [1.82, 2.24) is 30.2 Å². The van der Waals surface area contributed by atoms with E-state index >= 15 is 0 Å². The van der Waals surface area contributed by atoms with Gasteiger partial charge in [-0.25, -0.2) is 9.78 Å². The van der Waals surface area contributed by atoms with Crippen LogP contribution in [0.1, 0.15) is 22.8 Å². The smallest absolute Gasteiger partial charge is 0.340 e. The lowest BCUT2D eigenvalue weighted by Gasteiger charge is -2.12. The van der Waals surface area contributed by atoms with Crippen LogP contribution in [-0.4, -0.2) is 49.0 Å². The SMILES string of the molecule is CCOC(=O)c1cccc2nc(SC)n(Cc3ccc(-c4ccccc4-c4nn[nH]n4)cc3)c12. The van der Waals surface area contributed by atoms with Gasteiger partial charge in [0.05, 0.1) is 29.7 Å². The van der Waals surface area contributed by atoms with Crippen molar-refractivity contribution in [2.75, 3.05) is 12.9 Å². The van der Waals surface area contributed by atoms with Crippen molar-refractivity contribution in [1.29, 1.82) is 0 Å². The Morgan fingerprint density at radius 3 is 2.53 bits per heavy atom. The van der Waals surface area contributed by atoms with Gasteiger partial charge in [0.1, 0.15) is 0 Å². The third kappa shape index (κ3) is 4.06. The molecule has 5 aromatic rings. The molecular formula is C25H22N6O2S. The molecule has 1 N–H and O–H groups in total. The fraction of sp³-hybridized carbons (Fsp3) is 0.160. The highest BCUT2D eigenvalue weighted by Crippen LogP contribution is 2.31. The predicted octanol–water partition coefficient (Wildman–Crippen LogP) is 4.83. The van der Waals surface area contributed by atoms with Crippen molar-refractivity contribution in [3.05, 3.63) is 77.9 Å². The van der Waals surface area contributed by atoms with E-state index in [4.69, 9.17) is 9.72 Å². The molecular weight excluding hydrogens is 448 g/mol. The summed E-state index contributed by atoms with van der Waals surface area (Å²) < 4.78 is 7.36. The molecule has 170 valence electrons. The van der Waals surface area contributed by atoms with E-state index in [1.807, 2.05) is 42.7 Å². The molecule has 0 aliphatic heterocycles. The Labute approximate surface area is 200 Å². The van der Waals surface area contributed by atoms with Crippen LogP contribution >= 0.6 is 11.8 Å². The topological polar surface area (TPSA) is 98.6 Å². The van der Waals surface area contributed by atoms with Crippen LogP contribution in [0.25, 0.3) is 33.5 Å². The summed E-state index contributed by atoms with van der Waals surface area (Å²) in [6.45, 7) is 2.71. The van der Waals surface area contributed by atoms with Crippen LogP contribution in [0.4, 0.5) is 0 Å². The minimum atomic E-state index is -0.338. The van der Waals surface area contributed by atoms with Crippen molar-refractivity contribution < 1.29 is 9.53 Å². The summed E-state index contributed by atoms with van der Waals surface area (Å²) in [6, 6.07) is 21.9. The predicted molar refractivity (Wildman–Crippen MR) is 132 cm³/mol. The Kier molecular flexibility index (Phi) is 6.09. The Morgan fingerprint density at radius 2 is 1.82 bits per heavy atom. The van der Waals surface area contributed by atoms with Gasteiger partial charge in [-0.1, -0.05) is 66.4 Å². The van der Waals surface area contributed by atoms with Crippen molar-refractivity contribution >= 4 is 28.8 Å². The Balaban J connectivity index is 1.51. The summed E-state index contributed by atoms with van der Waals surface area (Å²) in [4.78, 5) is 17.3. The average molecular weight is 471 g/mol. The third-order valence-electron chi connectivity index (χ3n) is 5.53. The van der Waals surface area contributed by atoms with Crippen molar-refractivity contribution in [3.8, 4) is 22.5 Å². The van der Waals surface area contributed by atoms with Gasteiger partial charge < -0.3 is 9.30 Å². The number of thioether (sulfide) groups is 1. The van der Waals surface area contributed by atoms with Crippen molar-refractivity contribution in [3.63, 3.8) is 0 Å². The van der Waals surface area contributed by atoms with Crippen LogP contribution in [-0.2, 0) is 11.3 Å². The number of rotatable bonds is 7. The number of nitrogens with zero attached hydrogens (tertiary/aromatic N) is 5. The van der Waals surface area contributed by atoms with Crippen molar-refractivity contribution in [2.24, 2.45) is 0 Å². The van der Waals surface area contributed by atoms with Crippen LogP contribution in [0, 0.1) is 0 Å².